The minimum absolute atomic E-state index is 0.269. The highest BCUT2D eigenvalue weighted by Gasteiger charge is 2.22. The minimum atomic E-state index is -1.05. The van der Waals surface area contributed by atoms with Crippen molar-refractivity contribution < 1.29 is 14.7 Å². The standard InChI is InChI=1S/C11H12O3/c1-8(12)10(11(13)14)7-9-5-3-2-4-6-9/h2-6,10H,7H2,1H3,(H,13,14)/t10-/m0/s1. The summed E-state index contributed by atoms with van der Waals surface area (Å²) in [4.78, 5) is 21.7. The zero-order chi connectivity index (χ0) is 10.6. The van der Waals surface area contributed by atoms with Crippen LogP contribution in [0.3, 0.4) is 0 Å². The van der Waals surface area contributed by atoms with Gasteiger partial charge < -0.3 is 5.11 Å². The lowest BCUT2D eigenvalue weighted by Crippen LogP contribution is -2.23. The van der Waals surface area contributed by atoms with Crippen LogP contribution in [-0.4, -0.2) is 16.9 Å². The molecule has 0 bridgehead atoms. The van der Waals surface area contributed by atoms with Crippen molar-refractivity contribution in [3.8, 4) is 0 Å². The van der Waals surface area contributed by atoms with Crippen LogP contribution in [0.5, 0.6) is 0 Å². The predicted octanol–water partition coefficient (Wildman–Crippen LogP) is 1.52. The molecule has 0 radical (unpaired) electrons. The van der Waals surface area contributed by atoms with Crippen LogP contribution in [0.4, 0.5) is 0 Å². The smallest absolute Gasteiger partial charge is 0.314 e. The maximum atomic E-state index is 11.0. The maximum Gasteiger partial charge on any atom is 0.314 e. The molecule has 0 saturated carbocycles. The first-order valence-corrected chi connectivity index (χ1v) is 4.38. The van der Waals surface area contributed by atoms with Gasteiger partial charge in [-0.15, -0.1) is 0 Å². The average molecular weight is 192 g/mol. The quantitative estimate of drug-likeness (QED) is 0.736. The summed E-state index contributed by atoms with van der Waals surface area (Å²) < 4.78 is 0. The second kappa shape index (κ2) is 4.56. The number of hydrogen-bond acceptors (Lipinski definition) is 2. The van der Waals surface area contributed by atoms with E-state index in [1.807, 2.05) is 30.3 Å². The Morgan fingerprint density at radius 2 is 1.86 bits per heavy atom. The Morgan fingerprint density at radius 1 is 1.29 bits per heavy atom. The first-order valence-electron chi connectivity index (χ1n) is 4.38. The van der Waals surface area contributed by atoms with Crippen molar-refractivity contribution in [1.82, 2.24) is 0 Å². The van der Waals surface area contributed by atoms with Gasteiger partial charge in [0.25, 0.3) is 0 Å². The van der Waals surface area contributed by atoms with E-state index in [1.165, 1.54) is 6.92 Å². The summed E-state index contributed by atoms with van der Waals surface area (Å²) in [7, 11) is 0. The molecule has 0 aliphatic heterocycles. The Morgan fingerprint density at radius 3 is 2.29 bits per heavy atom. The van der Waals surface area contributed by atoms with Crippen molar-refractivity contribution in [2.75, 3.05) is 0 Å². The third-order valence-corrected chi connectivity index (χ3v) is 2.07. The molecule has 3 heteroatoms. The number of benzene rings is 1. The van der Waals surface area contributed by atoms with Crippen molar-refractivity contribution >= 4 is 11.8 Å². The summed E-state index contributed by atoms with van der Waals surface area (Å²) in [6.07, 6.45) is 0.269. The van der Waals surface area contributed by atoms with Gasteiger partial charge in [-0.3, -0.25) is 9.59 Å². The number of carboxylic acids is 1. The number of Topliss-reactive ketones (excluding diaryl/α,β-unsaturated/α-hetero) is 1. The zero-order valence-corrected chi connectivity index (χ0v) is 7.93. The van der Waals surface area contributed by atoms with Crippen molar-refractivity contribution in [3.63, 3.8) is 0 Å². The number of hydrogen-bond donors (Lipinski definition) is 1. The van der Waals surface area contributed by atoms with Crippen molar-refractivity contribution in [3.05, 3.63) is 35.9 Å². The van der Waals surface area contributed by atoms with Crippen molar-refractivity contribution in [1.29, 1.82) is 0 Å². The highest BCUT2D eigenvalue weighted by atomic mass is 16.4. The fourth-order valence-electron chi connectivity index (χ4n) is 1.25. The number of rotatable bonds is 4. The molecule has 0 aliphatic carbocycles. The summed E-state index contributed by atoms with van der Waals surface area (Å²) in [6.45, 7) is 1.31. The van der Waals surface area contributed by atoms with Gasteiger partial charge in [0, 0.05) is 0 Å². The molecule has 1 rings (SSSR count). The molecule has 1 aromatic carbocycles. The largest absolute Gasteiger partial charge is 0.481 e. The molecule has 0 amide bonds. The fourth-order valence-corrected chi connectivity index (χ4v) is 1.25. The molecule has 0 unspecified atom stereocenters. The van der Waals surface area contributed by atoms with E-state index in [1.54, 1.807) is 0 Å². The van der Waals surface area contributed by atoms with E-state index < -0.39 is 11.9 Å². The van der Waals surface area contributed by atoms with Crippen LogP contribution in [-0.2, 0) is 16.0 Å². The van der Waals surface area contributed by atoms with Crippen LogP contribution in [0, 0.1) is 5.92 Å². The lowest BCUT2D eigenvalue weighted by molar-refractivity contribution is -0.145. The third kappa shape index (κ3) is 2.69. The number of carbonyl (C=O) groups excluding carboxylic acids is 1. The van der Waals surface area contributed by atoms with E-state index in [2.05, 4.69) is 0 Å². The molecule has 0 aliphatic rings. The lowest BCUT2D eigenvalue weighted by atomic mass is 9.96. The Kier molecular flexibility index (Phi) is 3.40. The molecule has 74 valence electrons. The van der Waals surface area contributed by atoms with Gasteiger partial charge in [0.05, 0.1) is 0 Å². The summed E-state index contributed by atoms with van der Waals surface area (Å²) >= 11 is 0. The molecule has 3 nitrogen and oxygen atoms in total. The fraction of sp³-hybridized carbons (Fsp3) is 0.273. The van der Waals surface area contributed by atoms with Crippen LogP contribution in [0.2, 0.25) is 0 Å². The molecule has 14 heavy (non-hydrogen) atoms. The number of aliphatic carboxylic acids is 1. The Labute approximate surface area is 82.4 Å². The van der Waals surface area contributed by atoms with E-state index in [4.69, 9.17) is 5.11 Å². The molecule has 0 fully saturated rings. The van der Waals surface area contributed by atoms with Gasteiger partial charge >= 0.3 is 5.97 Å². The van der Waals surface area contributed by atoms with Crippen LogP contribution in [0.25, 0.3) is 0 Å². The van der Waals surface area contributed by atoms with Gasteiger partial charge in [-0.2, -0.15) is 0 Å². The second-order valence-electron chi connectivity index (χ2n) is 3.19. The minimum Gasteiger partial charge on any atom is -0.481 e. The molecule has 0 aromatic heterocycles. The molecule has 0 heterocycles. The predicted molar refractivity (Wildman–Crippen MR) is 52.0 cm³/mol. The average Bonchev–Trinajstić information content (AvgIpc) is 2.15. The Hall–Kier alpha value is -1.64. The molecule has 1 N–H and O–H groups in total. The number of carbonyl (C=O) groups is 2. The molecule has 1 atom stereocenters. The van der Waals surface area contributed by atoms with Gasteiger partial charge in [0.2, 0.25) is 0 Å². The van der Waals surface area contributed by atoms with Gasteiger partial charge in [0.1, 0.15) is 11.7 Å². The monoisotopic (exact) mass is 192 g/mol. The van der Waals surface area contributed by atoms with E-state index in [9.17, 15) is 9.59 Å². The van der Waals surface area contributed by atoms with E-state index >= 15 is 0 Å². The molecular formula is C11H12O3. The van der Waals surface area contributed by atoms with Gasteiger partial charge in [-0.05, 0) is 18.9 Å². The first-order chi connectivity index (χ1) is 6.61. The van der Waals surface area contributed by atoms with E-state index in [0.29, 0.717) is 0 Å². The van der Waals surface area contributed by atoms with Crippen molar-refractivity contribution in [2.24, 2.45) is 5.92 Å². The molecule has 0 saturated heterocycles. The zero-order valence-electron chi connectivity index (χ0n) is 7.93. The van der Waals surface area contributed by atoms with E-state index in [0.717, 1.165) is 5.56 Å². The number of carboxylic acid groups (broad SMARTS) is 1. The summed E-state index contributed by atoms with van der Waals surface area (Å²) in [6, 6.07) is 9.15. The normalized spacial score (nSPS) is 12.1. The van der Waals surface area contributed by atoms with Crippen LogP contribution in [0.1, 0.15) is 12.5 Å². The second-order valence-corrected chi connectivity index (χ2v) is 3.19. The maximum absolute atomic E-state index is 11.0. The molecule has 0 spiro atoms. The van der Waals surface area contributed by atoms with Crippen LogP contribution in [0.15, 0.2) is 30.3 Å². The Balaban J connectivity index is 2.75. The lowest BCUT2D eigenvalue weighted by Gasteiger charge is -2.07. The molecular weight excluding hydrogens is 180 g/mol. The van der Waals surface area contributed by atoms with Gasteiger partial charge in [-0.25, -0.2) is 0 Å². The molecule has 1 aromatic rings. The topological polar surface area (TPSA) is 54.4 Å². The van der Waals surface area contributed by atoms with Crippen LogP contribution < -0.4 is 0 Å². The highest BCUT2D eigenvalue weighted by Crippen LogP contribution is 2.09. The Bertz CT molecular complexity index is 316. The first kappa shape index (κ1) is 10.4. The summed E-state index contributed by atoms with van der Waals surface area (Å²) in [5.41, 5.74) is 0.870. The summed E-state index contributed by atoms with van der Waals surface area (Å²) in [5, 5.41) is 8.78. The van der Waals surface area contributed by atoms with Crippen molar-refractivity contribution in [2.45, 2.75) is 13.3 Å². The number of ketones is 1. The van der Waals surface area contributed by atoms with E-state index in [-0.39, 0.29) is 12.2 Å². The van der Waals surface area contributed by atoms with Gasteiger partial charge in [0.15, 0.2) is 0 Å². The third-order valence-electron chi connectivity index (χ3n) is 2.07. The SMILES string of the molecule is CC(=O)[C@H](Cc1ccccc1)C(=O)O. The van der Waals surface area contributed by atoms with Gasteiger partial charge in [-0.1, -0.05) is 30.3 Å². The summed E-state index contributed by atoms with van der Waals surface area (Å²) in [5.74, 6) is -2.28. The highest BCUT2D eigenvalue weighted by molar-refractivity contribution is 5.97. The van der Waals surface area contributed by atoms with Crippen LogP contribution >= 0.6 is 0 Å².